The number of fused-ring (bicyclic) bond motifs is 1. The third-order valence-electron chi connectivity index (χ3n) is 8.26. The van der Waals surface area contributed by atoms with Gasteiger partial charge >= 0.3 is 5.97 Å². The molecule has 1 aromatic heterocycles. The first-order valence-corrected chi connectivity index (χ1v) is 15.6. The van der Waals surface area contributed by atoms with Gasteiger partial charge in [-0.3, -0.25) is 14.7 Å². The number of ether oxygens (including phenoxy) is 4. The SMILES string of the molecule is Cc1cc(CN2CCCCC2C(=O)O)c(OCc2cncc(C#N)c2)cc1OCc1cccc(-c2ccc3c(c2)OCCO3)c1Cl. The molecule has 1 saturated heterocycles. The summed E-state index contributed by atoms with van der Waals surface area (Å²) in [4.78, 5) is 18.1. The van der Waals surface area contributed by atoms with Crippen molar-refractivity contribution in [3.8, 4) is 40.2 Å². The summed E-state index contributed by atoms with van der Waals surface area (Å²) in [5, 5.41) is 19.7. The van der Waals surface area contributed by atoms with Gasteiger partial charge in [0.25, 0.3) is 0 Å². The Kier molecular flexibility index (Phi) is 9.57. The predicted molar refractivity (Wildman–Crippen MR) is 172 cm³/mol. The first kappa shape index (κ1) is 31.2. The van der Waals surface area contributed by atoms with Gasteiger partial charge < -0.3 is 24.1 Å². The number of halogens is 1. The molecule has 0 spiro atoms. The molecule has 1 fully saturated rings. The number of aliphatic carboxylic acids is 1. The van der Waals surface area contributed by atoms with E-state index >= 15 is 0 Å². The molecule has 0 saturated carbocycles. The summed E-state index contributed by atoms with van der Waals surface area (Å²) in [5.74, 6) is 1.80. The molecule has 3 aromatic carbocycles. The van der Waals surface area contributed by atoms with Crippen molar-refractivity contribution < 1.29 is 28.8 Å². The number of aryl methyl sites for hydroxylation is 1. The van der Waals surface area contributed by atoms with E-state index in [-0.39, 0.29) is 13.2 Å². The summed E-state index contributed by atoms with van der Waals surface area (Å²) < 4.78 is 24.1. The average molecular weight is 640 g/mol. The highest BCUT2D eigenvalue weighted by Crippen LogP contribution is 2.39. The van der Waals surface area contributed by atoms with Crippen molar-refractivity contribution in [1.82, 2.24) is 9.88 Å². The van der Waals surface area contributed by atoms with Crippen LogP contribution in [-0.2, 0) is 24.6 Å². The van der Waals surface area contributed by atoms with E-state index in [9.17, 15) is 15.2 Å². The van der Waals surface area contributed by atoms with E-state index in [0.29, 0.717) is 60.6 Å². The molecule has 4 aromatic rings. The van der Waals surface area contributed by atoms with Crippen LogP contribution in [-0.4, -0.2) is 46.8 Å². The van der Waals surface area contributed by atoms with E-state index in [2.05, 4.69) is 11.1 Å². The van der Waals surface area contributed by atoms with Crippen LogP contribution in [0.1, 0.15) is 47.1 Å². The van der Waals surface area contributed by atoms with Crippen LogP contribution in [0.25, 0.3) is 11.1 Å². The van der Waals surface area contributed by atoms with E-state index in [1.54, 1.807) is 12.3 Å². The monoisotopic (exact) mass is 639 g/mol. The number of likely N-dealkylation sites (tertiary alicyclic amines) is 1. The molecule has 1 unspecified atom stereocenters. The van der Waals surface area contributed by atoms with Gasteiger partial charge in [-0.15, -0.1) is 0 Å². The highest BCUT2D eigenvalue weighted by Gasteiger charge is 2.29. The fourth-order valence-electron chi connectivity index (χ4n) is 5.89. The summed E-state index contributed by atoms with van der Waals surface area (Å²) >= 11 is 6.92. The topological polar surface area (TPSA) is 114 Å². The minimum absolute atomic E-state index is 0.184. The van der Waals surface area contributed by atoms with Crippen molar-refractivity contribution in [3.05, 3.63) is 99.8 Å². The smallest absolute Gasteiger partial charge is 0.320 e. The van der Waals surface area contributed by atoms with Crippen molar-refractivity contribution in [2.24, 2.45) is 0 Å². The van der Waals surface area contributed by atoms with Crippen LogP contribution in [0, 0.1) is 18.3 Å². The van der Waals surface area contributed by atoms with Crippen LogP contribution >= 0.6 is 11.6 Å². The molecular formula is C36H34ClN3O6. The third-order valence-corrected chi connectivity index (χ3v) is 8.71. The summed E-state index contributed by atoms with van der Waals surface area (Å²) in [6, 6.07) is 18.8. The Morgan fingerprint density at radius 3 is 2.67 bits per heavy atom. The third kappa shape index (κ3) is 7.04. The lowest BCUT2D eigenvalue weighted by atomic mass is 10.0. The molecule has 0 bridgehead atoms. The highest BCUT2D eigenvalue weighted by molar-refractivity contribution is 6.34. The maximum Gasteiger partial charge on any atom is 0.320 e. The molecule has 1 N–H and O–H groups in total. The number of nitrogens with zero attached hydrogens (tertiary/aromatic N) is 3. The fourth-order valence-corrected chi connectivity index (χ4v) is 6.18. The fraction of sp³-hybridized carbons (Fsp3) is 0.306. The van der Waals surface area contributed by atoms with E-state index in [1.807, 2.05) is 60.4 Å². The molecule has 0 radical (unpaired) electrons. The van der Waals surface area contributed by atoms with Crippen LogP contribution in [0.4, 0.5) is 0 Å². The Bertz CT molecular complexity index is 1790. The van der Waals surface area contributed by atoms with Crippen molar-refractivity contribution in [1.29, 1.82) is 5.26 Å². The number of carboxylic acids is 1. The Hall–Kier alpha value is -4.78. The molecule has 46 heavy (non-hydrogen) atoms. The Morgan fingerprint density at radius 2 is 1.85 bits per heavy atom. The molecule has 1 atom stereocenters. The largest absolute Gasteiger partial charge is 0.488 e. The summed E-state index contributed by atoms with van der Waals surface area (Å²) in [7, 11) is 0. The van der Waals surface area contributed by atoms with Gasteiger partial charge in [0.2, 0.25) is 0 Å². The first-order chi connectivity index (χ1) is 22.4. The van der Waals surface area contributed by atoms with E-state index in [4.69, 9.17) is 30.5 Å². The van der Waals surface area contributed by atoms with Crippen molar-refractivity contribution >= 4 is 17.6 Å². The lowest BCUT2D eigenvalue weighted by Crippen LogP contribution is -2.44. The molecule has 10 heteroatoms. The number of carboxylic acid groups (broad SMARTS) is 1. The van der Waals surface area contributed by atoms with Crippen LogP contribution in [0.2, 0.25) is 5.02 Å². The van der Waals surface area contributed by atoms with Crippen LogP contribution in [0.5, 0.6) is 23.0 Å². The number of piperidine rings is 1. The summed E-state index contributed by atoms with van der Waals surface area (Å²) in [5.41, 5.74) is 5.54. The lowest BCUT2D eigenvalue weighted by Gasteiger charge is -2.33. The molecule has 2 aliphatic heterocycles. The number of hydrogen-bond acceptors (Lipinski definition) is 8. The molecular weight excluding hydrogens is 606 g/mol. The van der Waals surface area contributed by atoms with Gasteiger partial charge in [0.05, 0.1) is 10.6 Å². The molecule has 0 amide bonds. The molecule has 9 nitrogen and oxygen atoms in total. The minimum atomic E-state index is -0.811. The van der Waals surface area contributed by atoms with Gasteiger partial charge in [0.1, 0.15) is 50.0 Å². The lowest BCUT2D eigenvalue weighted by molar-refractivity contribution is -0.144. The average Bonchev–Trinajstić information content (AvgIpc) is 3.08. The van der Waals surface area contributed by atoms with Crippen LogP contribution in [0.15, 0.2) is 67.0 Å². The summed E-state index contributed by atoms with van der Waals surface area (Å²) in [6.45, 7) is 4.51. The number of hydrogen-bond donors (Lipinski definition) is 1. The predicted octanol–water partition coefficient (Wildman–Crippen LogP) is 6.95. The zero-order valence-electron chi connectivity index (χ0n) is 25.5. The van der Waals surface area contributed by atoms with Gasteiger partial charge in [0.15, 0.2) is 11.5 Å². The Balaban J connectivity index is 1.25. The standard InChI is InChI=1S/C36H34ClN3O6/c1-23-13-28(20-40-10-3-2-7-30(40)36(41)42)33(45-21-25-14-24(17-38)18-39-19-25)16-32(23)46-22-27-5-4-6-29(35(27)37)26-8-9-31-34(15-26)44-12-11-43-31/h4-6,8-9,13-16,18-19,30H,2-3,7,10-12,20-22H2,1H3,(H,41,42). The van der Waals surface area contributed by atoms with E-state index in [1.165, 1.54) is 6.20 Å². The molecule has 236 valence electrons. The maximum absolute atomic E-state index is 12.0. The Labute approximate surface area is 272 Å². The first-order valence-electron chi connectivity index (χ1n) is 15.3. The van der Waals surface area contributed by atoms with Gasteiger partial charge in [-0.05, 0) is 61.7 Å². The van der Waals surface area contributed by atoms with Crippen molar-refractivity contribution in [3.63, 3.8) is 0 Å². The van der Waals surface area contributed by atoms with Crippen molar-refractivity contribution in [2.45, 2.75) is 52.0 Å². The number of pyridine rings is 1. The maximum atomic E-state index is 12.0. The number of carbonyl (C=O) groups is 1. The quantitative estimate of drug-likeness (QED) is 0.197. The number of rotatable bonds is 10. The molecule has 2 aliphatic rings. The van der Waals surface area contributed by atoms with Crippen LogP contribution in [0.3, 0.4) is 0 Å². The number of benzene rings is 3. The second-order valence-electron chi connectivity index (χ2n) is 11.5. The number of nitriles is 1. The van der Waals surface area contributed by atoms with E-state index in [0.717, 1.165) is 52.0 Å². The zero-order chi connectivity index (χ0) is 32.0. The number of aromatic nitrogens is 1. The Morgan fingerprint density at radius 1 is 1.02 bits per heavy atom. The highest BCUT2D eigenvalue weighted by atomic mass is 35.5. The molecule has 6 rings (SSSR count). The van der Waals surface area contributed by atoms with E-state index < -0.39 is 12.0 Å². The van der Waals surface area contributed by atoms with Crippen LogP contribution < -0.4 is 18.9 Å². The van der Waals surface area contributed by atoms with Gasteiger partial charge in [-0.2, -0.15) is 5.26 Å². The second kappa shape index (κ2) is 14.1. The van der Waals surface area contributed by atoms with Crippen molar-refractivity contribution in [2.75, 3.05) is 19.8 Å². The molecule has 3 heterocycles. The second-order valence-corrected chi connectivity index (χ2v) is 11.8. The van der Waals surface area contributed by atoms with Gasteiger partial charge in [0, 0.05) is 47.3 Å². The molecule has 0 aliphatic carbocycles. The van der Waals surface area contributed by atoms with Gasteiger partial charge in [-0.1, -0.05) is 42.3 Å². The summed E-state index contributed by atoms with van der Waals surface area (Å²) in [6.07, 6.45) is 5.61. The normalized spacial score (nSPS) is 16.0. The van der Waals surface area contributed by atoms with Gasteiger partial charge in [-0.25, -0.2) is 0 Å². The minimum Gasteiger partial charge on any atom is -0.488 e. The zero-order valence-corrected chi connectivity index (χ0v) is 26.3.